The molecule has 0 aliphatic rings. The van der Waals surface area contributed by atoms with E-state index in [1.807, 2.05) is 36.7 Å². The van der Waals surface area contributed by atoms with Gasteiger partial charge >= 0.3 is 0 Å². The number of aromatic nitrogens is 3. The Bertz CT molecular complexity index is 632. The third-order valence-corrected chi connectivity index (χ3v) is 3.85. The van der Waals surface area contributed by atoms with Gasteiger partial charge in [0.25, 0.3) is 0 Å². The van der Waals surface area contributed by atoms with Crippen molar-refractivity contribution in [1.29, 1.82) is 0 Å². The van der Waals surface area contributed by atoms with Gasteiger partial charge in [-0.2, -0.15) is 0 Å². The van der Waals surface area contributed by atoms with Gasteiger partial charge in [-0.25, -0.2) is 4.99 Å². The van der Waals surface area contributed by atoms with E-state index in [2.05, 4.69) is 51.8 Å². The summed E-state index contributed by atoms with van der Waals surface area (Å²) >= 11 is 0. The summed E-state index contributed by atoms with van der Waals surface area (Å²) in [6.45, 7) is 7.47. The summed E-state index contributed by atoms with van der Waals surface area (Å²) in [6.07, 6.45) is 1.04. The first-order valence-electron chi connectivity index (χ1n) is 8.03. The van der Waals surface area contributed by atoms with Gasteiger partial charge in [-0.3, -0.25) is 0 Å². The first kappa shape index (κ1) is 17.0. The average molecular weight is 314 g/mol. The van der Waals surface area contributed by atoms with Crippen LogP contribution in [0.15, 0.2) is 35.3 Å². The summed E-state index contributed by atoms with van der Waals surface area (Å²) < 4.78 is 1.98. The number of hydrogen-bond donors (Lipinski definition) is 2. The van der Waals surface area contributed by atoms with Crippen molar-refractivity contribution in [3.8, 4) is 0 Å². The van der Waals surface area contributed by atoms with Crippen molar-refractivity contribution >= 4 is 5.96 Å². The van der Waals surface area contributed by atoms with Gasteiger partial charge in [0.2, 0.25) is 0 Å². The second kappa shape index (κ2) is 8.31. The molecule has 2 N–H and O–H groups in total. The Morgan fingerprint density at radius 1 is 1.26 bits per heavy atom. The second-order valence-corrected chi connectivity index (χ2v) is 5.68. The summed E-state index contributed by atoms with van der Waals surface area (Å²) in [5.74, 6) is 2.59. The minimum Gasteiger partial charge on any atom is -0.354 e. The largest absolute Gasteiger partial charge is 0.354 e. The molecule has 0 fully saturated rings. The van der Waals surface area contributed by atoms with Crippen LogP contribution >= 0.6 is 0 Å². The van der Waals surface area contributed by atoms with Crippen LogP contribution in [-0.4, -0.2) is 26.8 Å². The Labute approximate surface area is 138 Å². The van der Waals surface area contributed by atoms with Crippen LogP contribution in [0.2, 0.25) is 0 Å². The Hall–Kier alpha value is -2.37. The maximum Gasteiger partial charge on any atom is 0.192 e. The molecule has 124 valence electrons. The first-order valence-corrected chi connectivity index (χ1v) is 8.03. The molecule has 0 bridgehead atoms. The van der Waals surface area contributed by atoms with Gasteiger partial charge < -0.3 is 15.2 Å². The zero-order valence-corrected chi connectivity index (χ0v) is 14.4. The number of aryl methyl sites for hydroxylation is 1. The number of guanidine groups is 1. The number of benzene rings is 1. The van der Waals surface area contributed by atoms with Crippen LogP contribution in [0.25, 0.3) is 0 Å². The summed E-state index contributed by atoms with van der Waals surface area (Å²) in [4.78, 5) is 4.67. The predicted octanol–water partition coefficient (Wildman–Crippen LogP) is 2.16. The number of aliphatic imine (C=N–C) groups is 1. The lowest BCUT2D eigenvalue weighted by Crippen LogP contribution is -2.42. The topological polar surface area (TPSA) is 67.1 Å². The molecule has 0 saturated heterocycles. The minimum absolute atomic E-state index is 0.359. The fourth-order valence-corrected chi connectivity index (χ4v) is 2.01. The van der Waals surface area contributed by atoms with E-state index in [-0.39, 0.29) is 0 Å². The molecule has 1 atom stereocenters. The van der Waals surface area contributed by atoms with Crippen molar-refractivity contribution in [1.82, 2.24) is 25.4 Å². The van der Waals surface area contributed by atoms with E-state index in [9.17, 15) is 0 Å². The van der Waals surface area contributed by atoms with E-state index in [0.29, 0.717) is 19.1 Å². The second-order valence-electron chi connectivity index (χ2n) is 5.68. The van der Waals surface area contributed by atoms with Gasteiger partial charge in [-0.1, -0.05) is 37.3 Å². The van der Waals surface area contributed by atoms with Crippen LogP contribution < -0.4 is 10.6 Å². The summed E-state index contributed by atoms with van der Waals surface area (Å²) in [7, 11) is 1.97. The Morgan fingerprint density at radius 3 is 2.61 bits per heavy atom. The molecule has 0 aliphatic carbocycles. The van der Waals surface area contributed by atoms with Crippen molar-refractivity contribution in [2.24, 2.45) is 12.0 Å². The van der Waals surface area contributed by atoms with Crippen LogP contribution in [0.1, 0.15) is 37.5 Å². The van der Waals surface area contributed by atoms with Gasteiger partial charge in [-0.05, 0) is 25.8 Å². The molecule has 1 unspecified atom stereocenters. The van der Waals surface area contributed by atoms with E-state index in [1.54, 1.807) is 0 Å². The lowest BCUT2D eigenvalue weighted by Gasteiger charge is -2.17. The zero-order valence-electron chi connectivity index (χ0n) is 14.4. The molecule has 1 aromatic carbocycles. The molecular weight excluding hydrogens is 288 g/mol. The Kier molecular flexibility index (Phi) is 6.14. The van der Waals surface area contributed by atoms with Gasteiger partial charge in [-0.15, -0.1) is 10.2 Å². The molecular formula is C17H26N6. The third kappa shape index (κ3) is 5.09. The quantitative estimate of drug-likeness (QED) is 0.633. The lowest BCUT2D eigenvalue weighted by molar-refractivity contribution is 0.616. The van der Waals surface area contributed by atoms with Crippen LogP contribution in [-0.2, 0) is 20.1 Å². The molecule has 23 heavy (non-hydrogen) atoms. The van der Waals surface area contributed by atoms with Crippen molar-refractivity contribution in [2.45, 2.75) is 46.3 Å². The van der Waals surface area contributed by atoms with Crippen molar-refractivity contribution in [2.75, 3.05) is 0 Å². The highest BCUT2D eigenvalue weighted by Crippen LogP contribution is 2.01. The maximum atomic E-state index is 4.67. The van der Waals surface area contributed by atoms with Crippen molar-refractivity contribution < 1.29 is 0 Å². The number of hydrogen-bond acceptors (Lipinski definition) is 3. The van der Waals surface area contributed by atoms with Crippen molar-refractivity contribution in [3.05, 3.63) is 47.5 Å². The van der Waals surface area contributed by atoms with Crippen LogP contribution in [0.3, 0.4) is 0 Å². The highest BCUT2D eigenvalue weighted by Gasteiger charge is 2.08. The van der Waals surface area contributed by atoms with E-state index in [4.69, 9.17) is 0 Å². The van der Waals surface area contributed by atoms with E-state index in [1.165, 1.54) is 5.56 Å². The molecule has 1 aromatic heterocycles. The molecule has 6 nitrogen and oxygen atoms in total. The highest BCUT2D eigenvalue weighted by molar-refractivity contribution is 5.80. The molecule has 2 rings (SSSR count). The van der Waals surface area contributed by atoms with Crippen LogP contribution in [0, 0.1) is 6.92 Å². The normalized spacial score (nSPS) is 13.0. The molecule has 0 saturated carbocycles. The predicted molar refractivity (Wildman–Crippen MR) is 93.0 cm³/mol. The fraction of sp³-hybridized carbons (Fsp3) is 0.471. The van der Waals surface area contributed by atoms with Gasteiger partial charge in [0.15, 0.2) is 11.8 Å². The monoisotopic (exact) mass is 314 g/mol. The Morgan fingerprint density at radius 2 is 2.00 bits per heavy atom. The van der Waals surface area contributed by atoms with Gasteiger partial charge in [0.1, 0.15) is 5.82 Å². The van der Waals surface area contributed by atoms with Crippen LogP contribution in [0.4, 0.5) is 0 Å². The highest BCUT2D eigenvalue weighted by atomic mass is 15.3. The number of rotatable bonds is 6. The maximum absolute atomic E-state index is 4.67. The standard InChI is InChI=1S/C17H26N6/c1-5-13(2)20-17(18-11-15-9-7-6-8-10-15)19-12-16-22-21-14(3)23(16)4/h6-10,13H,5,11-12H2,1-4H3,(H2,18,19,20). The molecule has 0 radical (unpaired) electrons. The van der Waals surface area contributed by atoms with Gasteiger partial charge in [0.05, 0.1) is 13.1 Å². The number of nitrogens with one attached hydrogen (secondary N) is 2. The molecule has 1 heterocycles. The molecule has 2 aromatic rings. The number of nitrogens with zero attached hydrogens (tertiary/aromatic N) is 4. The van der Waals surface area contributed by atoms with Gasteiger partial charge in [0, 0.05) is 13.1 Å². The molecule has 0 aliphatic heterocycles. The molecule has 6 heteroatoms. The molecule has 0 amide bonds. The third-order valence-electron chi connectivity index (χ3n) is 3.85. The lowest BCUT2D eigenvalue weighted by atomic mass is 10.2. The SMILES string of the molecule is CCC(C)NC(=NCc1ccccc1)NCc1nnc(C)n1C. The van der Waals surface area contributed by atoms with E-state index in [0.717, 1.165) is 24.0 Å². The van der Waals surface area contributed by atoms with Crippen molar-refractivity contribution in [3.63, 3.8) is 0 Å². The first-order chi connectivity index (χ1) is 11.1. The summed E-state index contributed by atoms with van der Waals surface area (Å²) in [5.41, 5.74) is 1.19. The van der Waals surface area contributed by atoms with E-state index >= 15 is 0 Å². The zero-order chi connectivity index (χ0) is 16.7. The fourth-order valence-electron chi connectivity index (χ4n) is 2.01. The van der Waals surface area contributed by atoms with E-state index < -0.39 is 0 Å². The van der Waals surface area contributed by atoms with Crippen LogP contribution in [0.5, 0.6) is 0 Å². The smallest absolute Gasteiger partial charge is 0.192 e. The summed E-state index contributed by atoms with van der Waals surface area (Å²) in [6, 6.07) is 10.6. The Balaban J connectivity index is 2.02. The minimum atomic E-state index is 0.359. The summed E-state index contributed by atoms with van der Waals surface area (Å²) in [5, 5.41) is 15.0. The average Bonchev–Trinajstić information content (AvgIpc) is 2.90. The molecule has 0 spiro atoms.